The number of aliphatic hydroxyl groups is 2. The lowest BCUT2D eigenvalue weighted by molar-refractivity contribution is -0.870. The van der Waals surface area contributed by atoms with E-state index in [1.807, 2.05) is 21.1 Å². The summed E-state index contributed by atoms with van der Waals surface area (Å²) in [7, 11) is 1.43. The van der Waals surface area contributed by atoms with E-state index in [0.29, 0.717) is 23.9 Å². The van der Waals surface area contributed by atoms with Gasteiger partial charge in [-0.1, -0.05) is 275 Å². The van der Waals surface area contributed by atoms with Crippen LogP contribution in [0.3, 0.4) is 0 Å². The van der Waals surface area contributed by atoms with Gasteiger partial charge in [0.1, 0.15) is 19.3 Å². The van der Waals surface area contributed by atoms with Crippen molar-refractivity contribution in [2.45, 2.75) is 334 Å². The number of phosphoric acid groups is 1. The standard InChI is InChI=1S/C65H127N2O7P/c1-6-8-10-12-14-16-18-20-21-22-23-24-25-26-27-28-29-30-31-32-33-34-35-36-37-38-39-40-41-42-43-44-45-46-48-50-52-54-56-58-64(69)66-62(61-74-75(71,72)73-60-59-67(3,4)5)65(70)63(68)57-55-53-51-49-47-19-17-15-13-11-9-7-2/h18,20,22-23,49,51,62-63,65,68,70H,6-17,19,21,24-48,50,52-61H2,1-5H3,(H-,66,69,71,72)/p+1/b20-18-,23-22-,51-49+. The number of carbonyl (C=O) groups excluding carboxylic acids is 1. The zero-order chi connectivity index (χ0) is 55.0. The summed E-state index contributed by atoms with van der Waals surface area (Å²) in [4.78, 5) is 23.3. The number of hydrogen-bond donors (Lipinski definition) is 4. The minimum Gasteiger partial charge on any atom is -0.390 e. The van der Waals surface area contributed by atoms with Crippen LogP contribution in [0.15, 0.2) is 36.5 Å². The van der Waals surface area contributed by atoms with Crippen molar-refractivity contribution in [2.75, 3.05) is 40.9 Å². The molecule has 0 saturated carbocycles. The van der Waals surface area contributed by atoms with Crippen LogP contribution in [0.2, 0.25) is 0 Å². The van der Waals surface area contributed by atoms with Gasteiger partial charge in [-0.15, -0.1) is 0 Å². The van der Waals surface area contributed by atoms with Crippen molar-refractivity contribution < 1.29 is 38.0 Å². The zero-order valence-corrected chi connectivity index (χ0v) is 51.3. The Hall–Kier alpha value is -1.32. The van der Waals surface area contributed by atoms with E-state index in [-0.39, 0.29) is 18.9 Å². The molecule has 444 valence electrons. The third-order valence-electron chi connectivity index (χ3n) is 15.0. The van der Waals surface area contributed by atoms with E-state index in [9.17, 15) is 24.5 Å². The Labute approximate surface area is 466 Å². The molecule has 9 nitrogen and oxygen atoms in total. The van der Waals surface area contributed by atoms with Gasteiger partial charge in [-0.2, -0.15) is 0 Å². The third-order valence-corrected chi connectivity index (χ3v) is 15.9. The number of carbonyl (C=O) groups is 1. The molecule has 0 aromatic heterocycles. The number of aliphatic hydroxyl groups excluding tert-OH is 2. The smallest absolute Gasteiger partial charge is 0.390 e. The SMILES string of the molecule is CCCCCCC/C=C\C/C=C\CCCCCCCCCCCCCCCCCCCCCCCCCCCCCC(=O)NC(COP(=O)(O)OCC[N+](C)(C)C)C(O)C(O)CCC/C=C/CCCCCCCCC. The molecule has 0 bridgehead atoms. The number of quaternary nitrogens is 1. The molecule has 0 fully saturated rings. The maximum Gasteiger partial charge on any atom is 0.472 e. The van der Waals surface area contributed by atoms with Crippen molar-refractivity contribution in [1.82, 2.24) is 5.32 Å². The Bertz CT molecular complexity index is 1340. The number of amides is 1. The minimum absolute atomic E-state index is 0.0183. The van der Waals surface area contributed by atoms with Gasteiger partial charge in [0.15, 0.2) is 0 Å². The summed E-state index contributed by atoms with van der Waals surface area (Å²) in [5, 5.41) is 24.8. The quantitative estimate of drug-likeness (QED) is 0.0207. The molecule has 75 heavy (non-hydrogen) atoms. The molecule has 4 atom stereocenters. The second-order valence-electron chi connectivity index (χ2n) is 23.6. The summed E-state index contributed by atoms with van der Waals surface area (Å²) in [6.07, 6.45) is 70.0. The number of nitrogens with one attached hydrogen (secondary N) is 1. The second-order valence-corrected chi connectivity index (χ2v) is 25.1. The van der Waals surface area contributed by atoms with Crippen LogP contribution >= 0.6 is 7.82 Å². The molecule has 10 heteroatoms. The zero-order valence-electron chi connectivity index (χ0n) is 50.4. The van der Waals surface area contributed by atoms with Gasteiger partial charge in [0.2, 0.25) is 5.91 Å². The van der Waals surface area contributed by atoms with Gasteiger partial charge >= 0.3 is 7.82 Å². The predicted octanol–water partition coefficient (Wildman–Crippen LogP) is 19.1. The Morgan fingerprint density at radius 1 is 0.467 bits per heavy atom. The van der Waals surface area contributed by atoms with Crippen molar-refractivity contribution in [3.63, 3.8) is 0 Å². The molecule has 1 amide bonds. The summed E-state index contributed by atoms with van der Waals surface area (Å²) in [6, 6.07) is -1.05. The summed E-state index contributed by atoms with van der Waals surface area (Å²) in [5.74, 6) is -0.263. The maximum atomic E-state index is 13.0. The van der Waals surface area contributed by atoms with E-state index < -0.39 is 32.7 Å². The lowest BCUT2D eigenvalue weighted by Gasteiger charge is -2.28. The van der Waals surface area contributed by atoms with E-state index in [2.05, 4.69) is 55.6 Å². The monoisotopic (exact) mass is 1080 g/mol. The van der Waals surface area contributed by atoms with E-state index in [1.54, 1.807) is 0 Å². The minimum atomic E-state index is -4.43. The molecule has 0 saturated heterocycles. The Kier molecular flexibility index (Phi) is 55.0. The molecule has 0 radical (unpaired) electrons. The molecular weight excluding hydrogens is 952 g/mol. The fourth-order valence-corrected chi connectivity index (χ4v) is 10.6. The van der Waals surface area contributed by atoms with Gasteiger partial charge in [0.05, 0.1) is 39.9 Å². The maximum absolute atomic E-state index is 13.0. The molecule has 0 aromatic carbocycles. The van der Waals surface area contributed by atoms with Crippen molar-refractivity contribution >= 4 is 13.7 Å². The van der Waals surface area contributed by atoms with Crippen molar-refractivity contribution in [3.05, 3.63) is 36.5 Å². The number of phosphoric ester groups is 1. The Balaban J connectivity index is 3.92. The lowest BCUT2D eigenvalue weighted by atomic mass is 10.0. The van der Waals surface area contributed by atoms with Gasteiger partial charge in [-0.05, 0) is 70.6 Å². The van der Waals surface area contributed by atoms with Gasteiger partial charge in [-0.3, -0.25) is 13.8 Å². The molecule has 0 aliphatic rings. The Morgan fingerprint density at radius 2 is 0.787 bits per heavy atom. The highest BCUT2D eigenvalue weighted by molar-refractivity contribution is 7.47. The Morgan fingerprint density at radius 3 is 1.15 bits per heavy atom. The lowest BCUT2D eigenvalue weighted by Crippen LogP contribution is -2.51. The van der Waals surface area contributed by atoms with Crippen LogP contribution in [0.25, 0.3) is 0 Å². The van der Waals surface area contributed by atoms with Crippen LogP contribution in [0.4, 0.5) is 0 Å². The summed E-state index contributed by atoms with van der Waals surface area (Å²) in [5.41, 5.74) is 0. The third kappa shape index (κ3) is 57.2. The first kappa shape index (κ1) is 73.7. The number of nitrogens with zero attached hydrogens (tertiary/aromatic N) is 1. The molecule has 0 aliphatic carbocycles. The van der Waals surface area contributed by atoms with Crippen molar-refractivity contribution in [3.8, 4) is 0 Å². The fraction of sp³-hybridized carbons (Fsp3) is 0.892. The molecule has 0 aliphatic heterocycles. The molecule has 0 rings (SSSR count). The van der Waals surface area contributed by atoms with Gasteiger partial charge in [-0.25, -0.2) is 4.57 Å². The topological polar surface area (TPSA) is 125 Å². The first-order valence-electron chi connectivity index (χ1n) is 32.4. The van der Waals surface area contributed by atoms with Crippen LogP contribution in [-0.4, -0.2) is 84.6 Å². The first-order valence-corrected chi connectivity index (χ1v) is 33.9. The normalized spacial score (nSPS) is 14.4. The number of rotatable bonds is 60. The number of unbranched alkanes of at least 4 members (excludes halogenated alkanes) is 40. The summed E-state index contributed by atoms with van der Waals surface area (Å²) >= 11 is 0. The number of likely N-dealkylation sites (N-methyl/N-ethyl adjacent to an activating group) is 1. The average molecular weight is 1080 g/mol. The van der Waals surface area contributed by atoms with Gasteiger partial charge in [0, 0.05) is 6.42 Å². The number of allylic oxidation sites excluding steroid dienone is 6. The second kappa shape index (κ2) is 56.0. The van der Waals surface area contributed by atoms with Crippen LogP contribution in [0.5, 0.6) is 0 Å². The van der Waals surface area contributed by atoms with E-state index in [1.165, 1.54) is 244 Å². The van der Waals surface area contributed by atoms with Gasteiger partial charge < -0.3 is 24.9 Å². The molecular formula is C65H128N2O7P+. The molecule has 4 unspecified atom stereocenters. The predicted molar refractivity (Wildman–Crippen MR) is 324 cm³/mol. The number of hydrogen-bond acceptors (Lipinski definition) is 6. The van der Waals surface area contributed by atoms with E-state index in [4.69, 9.17) is 9.05 Å². The van der Waals surface area contributed by atoms with Gasteiger partial charge in [0.25, 0.3) is 0 Å². The van der Waals surface area contributed by atoms with Crippen LogP contribution in [-0.2, 0) is 18.4 Å². The van der Waals surface area contributed by atoms with Crippen LogP contribution in [0, 0.1) is 0 Å². The van der Waals surface area contributed by atoms with E-state index >= 15 is 0 Å². The van der Waals surface area contributed by atoms with Crippen LogP contribution < -0.4 is 5.32 Å². The average Bonchev–Trinajstić information content (AvgIpc) is 3.37. The highest BCUT2D eigenvalue weighted by atomic mass is 31.2. The van der Waals surface area contributed by atoms with E-state index in [0.717, 1.165) is 38.5 Å². The molecule has 4 N–H and O–H groups in total. The highest BCUT2D eigenvalue weighted by Gasteiger charge is 2.32. The molecule has 0 aromatic rings. The largest absolute Gasteiger partial charge is 0.472 e. The highest BCUT2D eigenvalue weighted by Crippen LogP contribution is 2.43. The summed E-state index contributed by atoms with van der Waals surface area (Å²) < 4.78 is 23.6. The van der Waals surface area contributed by atoms with Crippen molar-refractivity contribution in [2.24, 2.45) is 0 Å². The fourth-order valence-electron chi connectivity index (χ4n) is 9.82. The molecule has 0 spiro atoms. The van der Waals surface area contributed by atoms with Crippen LogP contribution in [0.1, 0.15) is 316 Å². The van der Waals surface area contributed by atoms with Crippen molar-refractivity contribution in [1.29, 1.82) is 0 Å². The first-order chi connectivity index (χ1) is 36.4. The molecule has 0 heterocycles. The summed E-state index contributed by atoms with van der Waals surface area (Å²) in [6.45, 7) is 4.60.